The Morgan fingerprint density at radius 1 is 0.889 bits per heavy atom. The summed E-state index contributed by atoms with van der Waals surface area (Å²) in [6.07, 6.45) is 1.78. The van der Waals surface area contributed by atoms with Crippen molar-refractivity contribution < 1.29 is 22.7 Å². The van der Waals surface area contributed by atoms with E-state index in [1.54, 1.807) is 73.7 Å². The third-order valence-electron chi connectivity index (χ3n) is 5.31. The highest BCUT2D eigenvalue weighted by atomic mass is 32.2. The molecule has 0 unspecified atom stereocenters. The monoisotopic (exact) mass is 509 g/mol. The van der Waals surface area contributed by atoms with Crippen molar-refractivity contribution >= 4 is 33.2 Å². The van der Waals surface area contributed by atoms with Gasteiger partial charge in [-0.1, -0.05) is 55.8 Å². The fourth-order valence-corrected chi connectivity index (χ4v) is 5.00. The van der Waals surface area contributed by atoms with Crippen LogP contribution in [0.25, 0.3) is 0 Å². The second kappa shape index (κ2) is 12.7. The van der Waals surface area contributed by atoms with E-state index in [0.29, 0.717) is 30.2 Å². The van der Waals surface area contributed by atoms with Crippen molar-refractivity contribution in [3.05, 3.63) is 84.4 Å². The molecule has 0 radical (unpaired) electrons. The normalized spacial score (nSPS) is 10.9. The number of hydrogen-bond acceptors (Lipinski definition) is 5. The number of carbonyl (C=O) groups is 2. The van der Waals surface area contributed by atoms with Crippen molar-refractivity contribution in [2.45, 2.75) is 31.6 Å². The molecule has 2 amide bonds. The molecular weight excluding hydrogens is 478 g/mol. The van der Waals surface area contributed by atoms with Crippen LogP contribution >= 0.6 is 0 Å². The molecule has 0 fully saturated rings. The molecule has 2 N–H and O–H groups in total. The minimum atomic E-state index is -4.11. The van der Waals surface area contributed by atoms with E-state index in [4.69, 9.17) is 4.74 Å². The first-order valence-electron chi connectivity index (χ1n) is 11.8. The molecule has 0 aromatic heterocycles. The van der Waals surface area contributed by atoms with Crippen LogP contribution in [0.15, 0.2) is 83.8 Å². The number of nitrogens with zero attached hydrogens (tertiary/aromatic N) is 1. The molecule has 3 rings (SSSR count). The van der Waals surface area contributed by atoms with Crippen molar-refractivity contribution in [3.8, 4) is 5.75 Å². The lowest BCUT2D eigenvalue weighted by Gasteiger charge is -2.26. The molecular formula is C27H31N3O5S. The number of amides is 2. The summed E-state index contributed by atoms with van der Waals surface area (Å²) in [5.74, 6) is -0.576. The highest BCUT2D eigenvalue weighted by Gasteiger charge is 2.29. The van der Waals surface area contributed by atoms with E-state index < -0.39 is 22.5 Å². The minimum Gasteiger partial charge on any atom is -0.492 e. The third-order valence-corrected chi connectivity index (χ3v) is 7.09. The standard InChI is InChI=1S/C27H31N3O5S/c1-3-5-19-28-27(32)22-15-9-10-16-23(22)29-26(31)20-30(24-17-11-12-18-25(24)35-4-2)36(33,34)21-13-7-6-8-14-21/h6-18H,3-5,19-20H2,1-2H3,(H,28,32)(H,29,31). The maximum Gasteiger partial charge on any atom is 0.264 e. The Morgan fingerprint density at radius 3 is 2.28 bits per heavy atom. The summed E-state index contributed by atoms with van der Waals surface area (Å²) in [5.41, 5.74) is 0.838. The summed E-state index contributed by atoms with van der Waals surface area (Å²) in [7, 11) is -4.11. The van der Waals surface area contributed by atoms with Crippen molar-refractivity contribution in [1.82, 2.24) is 5.32 Å². The van der Waals surface area contributed by atoms with E-state index in [2.05, 4.69) is 10.6 Å². The number of anilines is 2. The van der Waals surface area contributed by atoms with Gasteiger partial charge in [0.1, 0.15) is 12.3 Å². The summed E-state index contributed by atoms with van der Waals surface area (Å²) in [4.78, 5) is 25.9. The van der Waals surface area contributed by atoms with Crippen LogP contribution in [0.4, 0.5) is 11.4 Å². The quantitative estimate of drug-likeness (QED) is 0.351. The Kier molecular flexibility index (Phi) is 9.46. The second-order valence-corrected chi connectivity index (χ2v) is 9.79. The first-order chi connectivity index (χ1) is 17.4. The number of rotatable bonds is 12. The van der Waals surface area contributed by atoms with Gasteiger partial charge >= 0.3 is 0 Å². The van der Waals surface area contributed by atoms with Gasteiger partial charge in [0.15, 0.2) is 0 Å². The van der Waals surface area contributed by atoms with E-state index in [1.807, 2.05) is 6.92 Å². The summed E-state index contributed by atoms with van der Waals surface area (Å²) in [5, 5.41) is 5.54. The van der Waals surface area contributed by atoms with Crippen LogP contribution in [-0.2, 0) is 14.8 Å². The van der Waals surface area contributed by atoms with Gasteiger partial charge in [-0.2, -0.15) is 0 Å². The van der Waals surface area contributed by atoms with E-state index >= 15 is 0 Å². The molecule has 3 aromatic carbocycles. The minimum absolute atomic E-state index is 0.0415. The fourth-order valence-electron chi connectivity index (χ4n) is 3.54. The van der Waals surface area contributed by atoms with Gasteiger partial charge in [-0.3, -0.25) is 13.9 Å². The van der Waals surface area contributed by atoms with Gasteiger partial charge in [0.2, 0.25) is 5.91 Å². The molecule has 9 heteroatoms. The summed E-state index contributed by atoms with van der Waals surface area (Å²) >= 11 is 0. The third kappa shape index (κ3) is 6.63. The Morgan fingerprint density at radius 2 is 1.56 bits per heavy atom. The Balaban J connectivity index is 1.92. The molecule has 0 aliphatic carbocycles. The number of unbranched alkanes of at least 4 members (excludes halogenated alkanes) is 1. The predicted molar refractivity (Wildman–Crippen MR) is 141 cm³/mol. The van der Waals surface area contributed by atoms with Gasteiger partial charge < -0.3 is 15.4 Å². The number of sulfonamides is 1. The van der Waals surface area contributed by atoms with E-state index in [0.717, 1.165) is 17.1 Å². The van der Waals surface area contributed by atoms with E-state index in [1.165, 1.54) is 12.1 Å². The fraction of sp³-hybridized carbons (Fsp3) is 0.259. The smallest absolute Gasteiger partial charge is 0.264 e. The summed E-state index contributed by atoms with van der Waals surface area (Å²) in [6, 6.07) is 21.2. The maximum atomic E-state index is 13.6. The maximum absolute atomic E-state index is 13.6. The zero-order valence-corrected chi connectivity index (χ0v) is 21.3. The number of nitrogens with one attached hydrogen (secondary N) is 2. The molecule has 36 heavy (non-hydrogen) atoms. The lowest BCUT2D eigenvalue weighted by atomic mass is 10.1. The Bertz CT molecular complexity index is 1280. The zero-order valence-electron chi connectivity index (χ0n) is 20.4. The second-order valence-electron chi connectivity index (χ2n) is 7.93. The summed E-state index contributed by atoms with van der Waals surface area (Å²) < 4.78 is 33.9. The summed E-state index contributed by atoms with van der Waals surface area (Å²) in [6.45, 7) is 4.15. The van der Waals surface area contributed by atoms with Gasteiger partial charge in [0, 0.05) is 6.54 Å². The van der Waals surface area contributed by atoms with Crippen LogP contribution in [0, 0.1) is 0 Å². The molecule has 0 aliphatic rings. The van der Waals surface area contributed by atoms with Crippen LogP contribution in [-0.4, -0.2) is 39.9 Å². The average Bonchev–Trinajstić information content (AvgIpc) is 2.89. The molecule has 0 atom stereocenters. The van der Waals surface area contributed by atoms with Crippen molar-refractivity contribution in [2.24, 2.45) is 0 Å². The topological polar surface area (TPSA) is 105 Å². The molecule has 3 aromatic rings. The number of carbonyl (C=O) groups excluding carboxylic acids is 2. The van der Waals surface area contributed by atoms with Crippen LogP contribution in [0.2, 0.25) is 0 Å². The van der Waals surface area contributed by atoms with Gasteiger partial charge in [0.25, 0.3) is 15.9 Å². The molecule has 8 nitrogen and oxygen atoms in total. The average molecular weight is 510 g/mol. The zero-order chi connectivity index (χ0) is 26.0. The predicted octanol–water partition coefficient (Wildman–Crippen LogP) is 4.45. The van der Waals surface area contributed by atoms with Crippen molar-refractivity contribution in [3.63, 3.8) is 0 Å². The van der Waals surface area contributed by atoms with Crippen LogP contribution in [0.3, 0.4) is 0 Å². The van der Waals surface area contributed by atoms with Crippen LogP contribution in [0.1, 0.15) is 37.0 Å². The largest absolute Gasteiger partial charge is 0.492 e. The van der Waals surface area contributed by atoms with Gasteiger partial charge in [-0.15, -0.1) is 0 Å². The molecule has 190 valence electrons. The Labute approximate surface area is 212 Å². The first kappa shape index (κ1) is 26.7. The lowest BCUT2D eigenvalue weighted by molar-refractivity contribution is -0.114. The van der Waals surface area contributed by atoms with E-state index in [9.17, 15) is 18.0 Å². The molecule has 0 aliphatic heterocycles. The van der Waals surface area contributed by atoms with E-state index in [-0.39, 0.29) is 16.5 Å². The SMILES string of the molecule is CCCCNC(=O)c1ccccc1NC(=O)CN(c1ccccc1OCC)S(=O)(=O)c1ccccc1. The molecule has 0 bridgehead atoms. The molecule has 0 saturated heterocycles. The van der Waals surface area contributed by atoms with Crippen molar-refractivity contribution in [1.29, 1.82) is 0 Å². The molecule has 0 saturated carbocycles. The lowest BCUT2D eigenvalue weighted by Crippen LogP contribution is -2.38. The molecule has 0 spiro atoms. The van der Waals surface area contributed by atoms with Gasteiger partial charge in [-0.05, 0) is 49.7 Å². The number of ether oxygens (including phenoxy) is 1. The Hall–Kier alpha value is -3.85. The highest BCUT2D eigenvalue weighted by molar-refractivity contribution is 7.92. The first-order valence-corrected chi connectivity index (χ1v) is 13.3. The number of para-hydroxylation sites is 3. The molecule has 0 heterocycles. The number of benzene rings is 3. The van der Waals surface area contributed by atoms with Gasteiger partial charge in [0.05, 0.1) is 28.4 Å². The van der Waals surface area contributed by atoms with Crippen LogP contribution in [0.5, 0.6) is 5.75 Å². The highest BCUT2D eigenvalue weighted by Crippen LogP contribution is 2.32. The number of hydrogen-bond donors (Lipinski definition) is 2. The van der Waals surface area contributed by atoms with Crippen molar-refractivity contribution in [2.75, 3.05) is 29.3 Å². The van der Waals surface area contributed by atoms with Gasteiger partial charge in [-0.25, -0.2) is 8.42 Å². The van der Waals surface area contributed by atoms with Crippen LogP contribution < -0.4 is 19.7 Å².